The SMILES string of the molecule is N#Cc1ccc(/N=C2\SCC(=O)N2CCN2CCOCC2)cc1. The quantitative estimate of drug-likeness (QED) is 0.836. The zero-order valence-corrected chi connectivity index (χ0v) is 13.6. The second-order valence-electron chi connectivity index (χ2n) is 5.34. The lowest BCUT2D eigenvalue weighted by atomic mass is 10.2. The number of hydrogen-bond acceptors (Lipinski definition) is 6. The lowest BCUT2D eigenvalue weighted by Crippen LogP contribution is -2.42. The van der Waals surface area contributed by atoms with E-state index in [4.69, 9.17) is 10.00 Å². The predicted octanol–water partition coefficient (Wildman–Crippen LogP) is 1.45. The maximum Gasteiger partial charge on any atom is 0.239 e. The summed E-state index contributed by atoms with van der Waals surface area (Å²) in [5.74, 6) is 0.550. The Hall–Kier alpha value is -1.88. The normalized spacial score (nSPS) is 20.9. The number of rotatable bonds is 4. The number of nitrogens with zero attached hydrogens (tertiary/aromatic N) is 4. The van der Waals surface area contributed by atoms with E-state index in [0.717, 1.165) is 43.7 Å². The molecule has 0 saturated carbocycles. The van der Waals surface area contributed by atoms with E-state index >= 15 is 0 Å². The van der Waals surface area contributed by atoms with Crippen LogP contribution < -0.4 is 0 Å². The predicted molar refractivity (Wildman–Crippen MR) is 89.7 cm³/mol. The summed E-state index contributed by atoms with van der Waals surface area (Å²) in [6, 6.07) is 9.16. The van der Waals surface area contributed by atoms with Crippen molar-refractivity contribution in [3.8, 4) is 6.07 Å². The van der Waals surface area contributed by atoms with Crippen molar-refractivity contribution in [3.05, 3.63) is 29.8 Å². The first-order valence-corrected chi connectivity index (χ1v) is 8.57. The van der Waals surface area contributed by atoms with Crippen molar-refractivity contribution in [3.63, 3.8) is 0 Å². The summed E-state index contributed by atoms with van der Waals surface area (Å²) in [5.41, 5.74) is 1.37. The molecule has 2 heterocycles. The molecule has 1 aromatic carbocycles. The van der Waals surface area contributed by atoms with E-state index in [9.17, 15) is 4.79 Å². The molecule has 0 atom stereocenters. The van der Waals surface area contributed by atoms with Gasteiger partial charge in [-0.05, 0) is 24.3 Å². The molecule has 23 heavy (non-hydrogen) atoms. The summed E-state index contributed by atoms with van der Waals surface area (Å²) in [5, 5.41) is 9.57. The van der Waals surface area contributed by atoms with Crippen molar-refractivity contribution >= 4 is 28.5 Å². The molecule has 3 rings (SSSR count). The van der Waals surface area contributed by atoms with Crippen molar-refractivity contribution in [2.45, 2.75) is 0 Å². The first-order valence-electron chi connectivity index (χ1n) is 7.58. The lowest BCUT2D eigenvalue weighted by molar-refractivity contribution is -0.124. The monoisotopic (exact) mass is 330 g/mol. The molecule has 0 aliphatic carbocycles. The zero-order valence-electron chi connectivity index (χ0n) is 12.8. The topological polar surface area (TPSA) is 68.9 Å². The molecule has 2 fully saturated rings. The summed E-state index contributed by atoms with van der Waals surface area (Å²) in [7, 11) is 0. The Kier molecular flexibility index (Phi) is 5.28. The van der Waals surface area contributed by atoms with Crippen molar-refractivity contribution in [1.29, 1.82) is 5.26 Å². The Morgan fingerprint density at radius 1 is 1.22 bits per heavy atom. The van der Waals surface area contributed by atoms with Crippen LogP contribution >= 0.6 is 11.8 Å². The number of ether oxygens (including phenoxy) is 1. The summed E-state index contributed by atoms with van der Waals surface area (Å²) in [4.78, 5) is 20.7. The van der Waals surface area contributed by atoms with Crippen molar-refractivity contribution < 1.29 is 9.53 Å². The number of aliphatic imine (C=N–C) groups is 1. The average molecular weight is 330 g/mol. The molecule has 6 nitrogen and oxygen atoms in total. The second kappa shape index (κ2) is 7.59. The number of benzene rings is 1. The molecule has 7 heteroatoms. The molecular weight excluding hydrogens is 312 g/mol. The summed E-state index contributed by atoms with van der Waals surface area (Å²) < 4.78 is 5.34. The van der Waals surface area contributed by atoms with Gasteiger partial charge in [0, 0.05) is 26.2 Å². The van der Waals surface area contributed by atoms with E-state index in [1.165, 1.54) is 11.8 Å². The summed E-state index contributed by atoms with van der Waals surface area (Å²) in [6.07, 6.45) is 0. The largest absolute Gasteiger partial charge is 0.379 e. The minimum Gasteiger partial charge on any atom is -0.379 e. The van der Waals surface area contributed by atoms with E-state index in [1.54, 1.807) is 29.2 Å². The molecule has 1 aromatic rings. The van der Waals surface area contributed by atoms with Crippen LogP contribution in [0.25, 0.3) is 0 Å². The molecule has 120 valence electrons. The maximum absolute atomic E-state index is 12.1. The molecule has 1 amide bonds. The Morgan fingerprint density at radius 3 is 2.65 bits per heavy atom. The Balaban J connectivity index is 1.65. The van der Waals surface area contributed by atoms with Gasteiger partial charge in [-0.3, -0.25) is 14.6 Å². The van der Waals surface area contributed by atoms with Crippen LogP contribution in [0.5, 0.6) is 0 Å². The van der Waals surface area contributed by atoms with Crippen LogP contribution in [-0.4, -0.2) is 66.0 Å². The number of morpholine rings is 1. The van der Waals surface area contributed by atoms with Gasteiger partial charge in [0.05, 0.1) is 36.3 Å². The third kappa shape index (κ3) is 4.10. The van der Waals surface area contributed by atoms with Crippen LogP contribution in [-0.2, 0) is 9.53 Å². The highest BCUT2D eigenvalue weighted by Crippen LogP contribution is 2.23. The molecular formula is C16H18N4O2S. The number of hydrogen-bond donors (Lipinski definition) is 0. The van der Waals surface area contributed by atoms with Crippen molar-refractivity contribution in [2.24, 2.45) is 4.99 Å². The van der Waals surface area contributed by atoms with Gasteiger partial charge in [-0.25, -0.2) is 4.99 Å². The summed E-state index contributed by atoms with van der Waals surface area (Å²) >= 11 is 1.47. The van der Waals surface area contributed by atoms with E-state index in [1.807, 2.05) is 0 Å². The van der Waals surface area contributed by atoms with Gasteiger partial charge in [0.25, 0.3) is 0 Å². The molecule has 0 bridgehead atoms. The molecule has 0 aromatic heterocycles. The van der Waals surface area contributed by atoms with Crippen LogP contribution in [0.1, 0.15) is 5.56 Å². The number of amides is 1. The number of carbonyl (C=O) groups excluding carboxylic acids is 1. The fourth-order valence-corrected chi connectivity index (χ4v) is 3.42. The molecule has 0 unspecified atom stereocenters. The lowest BCUT2D eigenvalue weighted by Gasteiger charge is -2.28. The first-order chi connectivity index (χ1) is 11.3. The third-order valence-corrected chi connectivity index (χ3v) is 4.78. The van der Waals surface area contributed by atoms with Gasteiger partial charge in [0.15, 0.2) is 5.17 Å². The highest BCUT2D eigenvalue weighted by atomic mass is 32.2. The molecule has 2 aliphatic heterocycles. The first kappa shape index (κ1) is 16.0. The van der Waals surface area contributed by atoms with Crippen molar-refractivity contribution in [1.82, 2.24) is 9.80 Å². The van der Waals surface area contributed by atoms with Crippen LogP contribution in [0, 0.1) is 11.3 Å². The van der Waals surface area contributed by atoms with Crippen molar-refractivity contribution in [2.75, 3.05) is 45.1 Å². The highest BCUT2D eigenvalue weighted by molar-refractivity contribution is 8.15. The van der Waals surface area contributed by atoms with Crippen LogP contribution in [0.2, 0.25) is 0 Å². The molecule has 2 aliphatic rings. The van der Waals surface area contributed by atoms with Crippen LogP contribution in [0.4, 0.5) is 5.69 Å². The fraction of sp³-hybridized carbons (Fsp3) is 0.438. The third-order valence-electron chi connectivity index (χ3n) is 3.82. The minimum absolute atomic E-state index is 0.107. The zero-order chi connectivity index (χ0) is 16.1. The Labute approximate surface area is 139 Å². The summed E-state index contributed by atoms with van der Waals surface area (Å²) in [6.45, 7) is 4.83. The van der Waals surface area contributed by atoms with Crippen LogP contribution in [0.3, 0.4) is 0 Å². The molecule has 0 radical (unpaired) electrons. The van der Waals surface area contributed by atoms with Gasteiger partial charge in [-0.1, -0.05) is 11.8 Å². The van der Waals surface area contributed by atoms with E-state index in [2.05, 4.69) is 16.0 Å². The van der Waals surface area contributed by atoms with E-state index < -0.39 is 0 Å². The van der Waals surface area contributed by atoms with Gasteiger partial charge >= 0.3 is 0 Å². The van der Waals surface area contributed by atoms with Gasteiger partial charge < -0.3 is 4.74 Å². The van der Waals surface area contributed by atoms with Crippen LogP contribution in [0.15, 0.2) is 29.3 Å². The van der Waals surface area contributed by atoms with E-state index in [-0.39, 0.29) is 5.91 Å². The fourth-order valence-electron chi connectivity index (χ4n) is 2.49. The molecule has 2 saturated heterocycles. The second-order valence-corrected chi connectivity index (χ2v) is 6.28. The Morgan fingerprint density at radius 2 is 1.96 bits per heavy atom. The average Bonchev–Trinajstić information content (AvgIpc) is 2.94. The number of thioether (sulfide) groups is 1. The number of amidine groups is 1. The Bertz CT molecular complexity index is 632. The molecule has 0 N–H and O–H groups in total. The smallest absolute Gasteiger partial charge is 0.239 e. The number of carbonyl (C=O) groups is 1. The maximum atomic E-state index is 12.1. The number of nitriles is 1. The van der Waals surface area contributed by atoms with Gasteiger partial charge in [-0.2, -0.15) is 5.26 Å². The van der Waals surface area contributed by atoms with E-state index in [0.29, 0.717) is 17.9 Å². The van der Waals surface area contributed by atoms with Gasteiger partial charge in [0.1, 0.15) is 0 Å². The van der Waals surface area contributed by atoms with Gasteiger partial charge in [-0.15, -0.1) is 0 Å². The standard InChI is InChI=1S/C16H18N4O2S/c17-11-13-1-3-14(4-2-13)18-16-20(15(21)12-23-16)6-5-19-7-9-22-10-8-19/h1-4H,5-10,12H2/b18-16-. The highest BCUT2D eigenvalue weighted by Gasteiger charge is 2.28. The van der Waals surface area contributed by atoms with Gasteiger partial charge in [0.2, 0.25) is 5.91 Å². The molecule has 0 spiro atoms. The minimum atomic E-state index is 0.107.